The van der Waals surface area contributed by atoms with Crippen LogP contribution in [0.25, 0.3) is 0 Å². The summed E-state index contributed by atoms with van der Waals surface area (Å²) < 4.78 is 28.8. The fourth-order valence-corrected chi connectivity index (χ4v) is 3.31. The summed E-state index contributed by atoms with van der Waals surface area (Å²) in [5.41, 5.74) is 2.47. The molecule has 1 aromatic heterocycles. The molecule has 2 aromatic rings. The molecule has 1 heterocycles. The topological polar surface area (TPSA) is 64.0 Å². The van der Waals surface area contributed by atoms with Gasteiger partial charge in [0.15, 0.2) is 0 Å². The predicted octanol–water partition coefficient (Wildman–Crippen LogP) is 2.15. The van der Waals surface area contributed by atoms with E-state index in [1.165, 1.54) is 4.68 Å². The molecule has 0 unspecified atom stereocenters. The molecule has 1 N–H and O–H groups in total. The van der Waals surface area contributed by atoms with E-state index in [0.29, 0.717) is 10.7 Å². The molecular weight excluding hydrogens is 262 g/mol. The minimum absolute atomic E-state index is 0.298. The quantitative estimate of drug-likeness (QED) is 0.936. The van der Waals surface area contributed by atoms with Crippen LogP contribution in [-0.4, -0.2) is 18.2 Å². The van der Waals surface area contributed by atoms with E-state index >= 15 is 0 Å². The van der Waals surface area contributed by atoms with Crippen LogP contribution in [0.4, 0.5) is 5.82 Å². The van der Waals surface area contributed by atoms with Gasteiger partial charge >= 0.3 is 0 Å². The third kappa shape index (κ3) is 2.63. The number of benzene rings is 1. The van der Waals surface area contributed by atoms with Gasteiger partial charge < -0.3 is 0 Å². The van der Waals surface area contributed by atoms with E-state index in [-0.39, 0.29) is 0 Å². The van der Waals surface area contributed by atoms with Gasteiger partial charge in [-0.05, 0) is 38.0 Å². The van der Waals surface area contributed by atoms with Crippen molar-refractivity contribution >= 4 is 15.8 Å². The van der Waals surface area contributed by atoms with Gasteiger partial charge in [0.05, 0.1) is 10.6 Å². The molecule has 0 amide bonds. The zero-order valence-corrected chi connectivity index (χ0v) is 12.2. The van der Waals surface area contributed by atoms with Gasteiger partial charge in [-0.15, -0.1) is 0 Å². The first kappa shape index (κ1) is 13.6. The van der Waals surface area contributed by atoms with Crippen LogP contribution < -0.4 is 4.72 Å². The standard InChI is InChI=1S/C13H17N3O2S/c1-9-6-5-7-12(11(9)3)19(17,18)15-13-8-10(2)14-16(13)4/h5-8,15H,1-4H3. The Kier molecular flexibility index (Phi) is 3.36. The monoisotopic (exact) mass is 279 g/mol. The summed E-state index contributed by atoms with van der Waals surface area (Å²) in [5.74, 6) is 0.457. The normalized spacial score (nSPS) is 11.6. The maximum absolute atomic E-state index is 12.4. The van der Waals surface area contributed by atoms with Gasteiger partial charge in [0, 0.05) is 13.1 Å². The lowest BCUT2D eigenvalue weighted by Crippen LogP contribution is -2.16. The summed E-state index contributed by atoms with van der Waals surface area (Å²) in [6, 6.07) is 6.94. The molecule has 0 aliphatic heterocycles. The van der Waals surface area contributed by atoms with Crippen molar-refractivity contribution in [2.24, 2.45) is 7.05 Å². The van der Waals surface area contributed by atoms with Crippen LogP contribution in [-0.2, 0) is 17.1 Å². The Balaban J connectivity index is 2.44. The first-order chi connectivity index (χ1) is 8.81. The minimum atomic E-state index is -3.59. The van der Waals surface area contributed by atoms with E-state index in [9.17, 15) is 8.42 Å². The van der Waals surface area contributed by atoms with Gasteiger partial charge in [-0.3, -0.25) is 9.40 Å². The Morgan fingerprint density at radius 3 is 2.47 bits per heavy atom. The molecule has 0 aliphatic rings. The molecule has 5 nitrogen and oxygen atoms in total. The maximum Gasteiger partial charge on any atom is 0.263 e. The lowest BCUT2D eigenvalue weighted by atomic mass is 10.1. The number of hydrogen-bond acceptors (Lipinski definition) is 3. The van der Waals surface area contributed by atoms with E-state index < -0.39 is 10.0 Å². The Morgan fingerprint density at radius 1 is 1.21 bits per heavy atom. The van der Waals surface area contributed by atoms with Crippen LogP contribution in [0.5, 0.6) is 0 Å². The van der Waals surface area contributed by atoms with Crippen LogP contribution in [0, 0.1) is 20.8 Å². The average molecular weight is 279 g/mol. The molecular formula is C13H17N3O2S. The van der Waals surface area contributed by atoms with Crippen molar-refractivity contribution in [2.75, 3.05) is 4.72 Å². The summed E-state index contributed by atoms with van der Waals surface area (Å²) in [5, 5.41) is 4.12. The van der Waals surface area contributed by atoms with E-state index in [1.807, 2.05) is 19.9 Å². The summed E-state index contributed by atoms with van der Waals surface area (Å²) >= 11 is 0. The van der Waals surface area contributed by atoms with E-state index in [0.717, 1.165) is 16.8 Å². The fourth-order valence-electron chi connectivity index (χ4n) is 1.91. The minimum Gasteiger partial charge on any atom is -0.264 e. The number of aryl methyl sites for hydroxylation is 3. The molecule has 102 valence electrons. The molecule has 2 rings (SSSR count). The highest BCUT2D eigenvalue weighted by Crippen LogP contribution is 2.21. The molecule has 0 saturated carbocycles. The Hall–Kier alpha value is -1.82. The highest BCUT2D eigenvalue weighted by atomic mass is 32.2. The van der Waals surface area contributed by atoms with Crippen LogP contribution in [0.2, 0.25) is 0 Å². The maximum atomic E-state index is 12.4. The molecule has 1 aromatic carbocycles. The summed E-state index contributed by atoms with van der Waals surface area (Å²) in [7, 11) is -1.88. The fraction of sp³-hybridized carbons (Fsp3) is 0.308. The van der Waals surface area contributed by atoms with Gasteiger partial charge in [0.25, 0.3) is 10.0 Å². The van der Waals surface area contributed by atoms with Crippen molar-refractivity contribution in [2.45, 2.75) is 25.7 Å². The van der Waals surface area contributed by atoms with Gasteiger partial charge in [-0.25, -0.2) is 8.42 Å². The number of nitrogens with one attached hydrogen (secondary N) is 1. The average Bonchev–Trinajstić information content (AvgIpc) is 2.60. The Morgan fingerprint density at radius 2 is 1.89 bits per heavy atom. The van der Waals surface area contributed by atoms with Crippen molar-refractivity contribution in [1.29, 1.82) is 0 Å². The van der Waals surface area contributed by atoms with Gasteiger partial charge in [0.2, 0.25) is 0 Å². The number of aromatic nitrogens is 2. The Bertz CT molecular complexity index is 717. The SMILES string of the molecule is Cc1cc(NS(=O)(=O)c2cccc(C)c2C)n(C)n1. The number of sulfonamides is 1. The smallest absolute Gasteiger partial charge is 0.263 e. The van der Waals surface area contributed by atoms with Crippen molar-refractivity contribution in [1.82, 2.24) is 9.78 Å². The van der Waals surface area contributed by atoms with E-state index in [1.54, 1.807) is 32.2 Å². The van der Waals surface area contributed by atoms with E-state index in [2.05, 4.69) is 9.82 Å². The molecule has 0 saturated heterocycles. The second kappa shape index (κ2) is 4.70. The van der Waals surface area contributed by atoms with Gasteiger partial charge in [0.1, 0.15) is 5.82 Å². The molecule has 19 heavy (non-hydrogen) atoms. The lowest BCUT2D eigenvalue weighted by Gasteiger charge is -2.11. The number of hydrogen-bond donors (Lipinski definition) is 1. The zero-order chi connectivity index (χ0) is 14.2. The van der Waals surface area contributed by atoms with E-state index in [4.69, 9.17) is 0 Å². The summed E-state index contributed by atoms with van der Waals surface area (Å²) in [6.07, 6.45) is 0. The second-order valence-electron chi connectivity index (χ2n) is 4.60. The third-order valence-electron chi connectivity index (χ3n) is 3.09. The number of nitrogens with zero attached hydrogens (tertiary/aromatic N) is 2. The third-order valence-corrected chi connectivity index (χ3v) is 4.58. The first-order valence-electron chi connectivity index (χ1n) is 5.91. The highest BCUT2D eigenvalue weighted by Gasteiger charge is 2.19. The van der Waals surface area contributed by atoms with Crippen LogP contribution in [0.1, 0.15) is 16.8 Å². The van der Waals surface area contributed by atoms with Crippen molar-refractivity contribution < 1.29 is 8.42 Å². The van der Waals surface area contributed by atoms with Crippen LogP contribution >= 0.6 is 0 Å². The van der Waals surface area contributed by atoms with Crippen molar-refractivity contribution in [3.8, 4) is 0 Å². The molecule has 0 spiro atoms. The molecule has 0 atom stereocenters. The van der Waals surface area contributed by atoms with Crippen molar-refractivity contribution in [3.63, 3.8) is 0 Å². The van der Waals surface area contributed by atoms with Gasteiger partial charge in [-0.1, -0.05) is 12.1 Å². The largest absolute Gasteiger partial charge is 0.264 e. The zero-order valence-electron chi connectivity index (χ0n) is 11.4. The molecule has 0 fully saturated rings. The predicted molar refractivity (Wildman–Crippen MR) is 74.7 cm³/mol. The first-order valence-corrected chi connectivity index (χ1v) is 7.39. The van der Waals surface area contributed by atoms with Crippen LogP contribution in [0.15, 0.2) is 29.2 Å². The number of anilines is 1. The molecule has 0 aliphatic carbocycles. The lowest BCUT2D eigenvalue weighted by molar-refractivity contribution is 0.599. The molecule has 0 bridgehead atoms. The summed E-state index contributed by atoms with van der Waals surface area (Å²) in [6.45, 7) is 5.51. The van der Waals surface area contributed by atoms with Crippen LogP contribution in [0.3, 0.4) is 0 Å². The van der Waals surface area contributed by atoms with Crippen molar-refractivity contribution in [3.05, 3.63) is 41.1 Å². The summed E-state index contributed by atoms with van der Waals surface area (Å²) in [4.78, 5) is 0.298. The number of rotatable bonds is 3. The highest BCUT2D eigenvalue weighted by molar-refractivity contribution is 7.92. The molecule has 6 heteroatoms. The van der Waals surface area contributed by atoms with Gasteiger partial charge in [-0.2, -0.15) is 5.10 Å². The Labute approximate surface area is 113 Å². The molecule has 0 radical (unpaired) electrons. The second-order valence-corrected chi connectivity index (χ2v) is 6.25.